The standard InChI is InChI=1S/C15H24N2O2/c1-4-5-6-10-16-15(19)17-14-12(11(2)3)8-7-9-13(14)18/h7-9,11,18H,4-6,10H2,1-3H3,(H2,16,17,19). The fourth-order valence-corrected chi connectivity index (χ4v) is 1.91. The Bertz CT molecular complexity index is 417. The molecule has 106 valence electrons. The molecule has 0 heterocycles. The van der Waals surface area contributed by atoms with Gasteiger partial charge in [0.25, 0.3) is 0 Å². The molecule has 0 fully saturated rings. The van der Waals surface area contributed by atoms with Crippen molar-refractivity contribution in [3.05, 3.63) is 23.8 Å². The third-order valence-electron chi connectivity index (χ3n) is 3.00. The van der Waals surface area contributed by atoms with Gasteiger partial charge in [0.05, 0.1) is 5.69 Å². The van der Waals surface area contributed by atoms with E-state index < -0.39 is 0 Å². The predicted molar refractivity (Wildman–Crippen MR) is 78.7 cm³/mol. The Balaban J connectivity index is 2.63. The highest BCUT2D eigenvalue weighted by atomic mass is 16.3. The summed E-state index contributed by atoms with van der Waals surface area (Å²) in [6, 6.07) is 5.02. The van der Waals surface area contributed by atoms with Crippen LogP contribution in [0.15, 0.2) is 18.2 Å². The molecule has 2 amide bonds. The molecule has 0 radical (unpaired) electrons. The SMILES string of the molecule is CCCCCNC(=O)Nc1c(O)cccc1C(C)C. The summed E-state index contributed by atoms with van der Waals surface area (Å²) in [5.74, 6) is 0.345. The maximum atomic E-state index is 11.8. The van der Waals surface area contributed by atoms with Gasteiger partial charge in [-0.2, -0.15) is 0 Å². The van der Waals surface area contributed by atoms with Crippen LogP contribution < -0.4 is 10.6 Å². The Hall–Kier alpha value is -1.71. The number of phenols is 1. The van der Waals surface area contributed by atoms with E-state index in [1.165, 1.54) is 0 Å². The van der Waals surface area contributed by atoms with Crippen molar-refractivity contribution in [2.75, 3.05) is 11.9 Å². The lowest BCUT2D eigenvalue weighted by molar-refractivity contribution is 0.251. The Kier molecular flexibility index (Phi) is 6.19. The first kappa shape index (κ1) is 15.3. The molecule has 0 aromatic heterocycles. The van der Waals surface area contributed by atoms with Crippen LogP contribution in [0.4, 0.5) is 10.5 Å². The average Bonchev–Trinajstić information content (AvgIpc) is 2.37. The minimum Gasteiger partial charge on any atom is -0.506 e. The van der Waals surface area contributed by atoms with Gasteiger partial charge in [-0.1, -0.05) is 45.7 Å². The van der Waals surface area contributed by atoms with Gasteiger partial charge < -0.3 is 15.7 Å². The third kappa shape index (κ3) is 4.81. The topological polar surface area (TPSA) is 61.4 Å². The Labute approximate surface area is 115 Å². The van der Waals surface area contributed by atoms with Gasteiger partial charge in [-0.05, 0) is 24.0 Å². The monoisotopic (exact) mass is 264 g/mol. The molecule has 19 heavy (non-hydrogen) atoms. The van der Waals surface area contributed by atoms with Gasteiger partial charge >= 0.3 is 6.03 Å². The van der Waals surface area contributed by atoms with Crippen LogP contribution in [0.1, 0.15) is 51.5 Å². The molecule has 4 nitrogen and oxygen atoms in total. The lowest BCUT2D eigenvalue weighted by Crippen LogP contribution is -2.30. The summed E-state index contributed by atoms with van der Waals surface area (Å²) in [6.45, 7) is 6.83. The highest BCUT2D eigenvalue weighted by Gasteiger charge is 2.13. The molecule has 0 bridgehead atoms. The summed E-state index contributed by atoms with van der Waals surface area (Å²) >= 11 is 0. The first-order valence-corrected chi connectivity index (χ1v) is 6.93. The van der Waals surface area contributed by atoms with Gasteiger partial charge in [0.1, 0.15) is 5.75 Å². The number of carbonyl (C=O) groups excluding carboxylic acids is 1. The predicted octanol–water partition coefficient (Wildman–Crippen LogP) is 3.83. The number of unbranched alkanes of at least 4 members (excludes halogenated alkanes) is 2. The van der Waals surface area contributed by atoms with Crippen LogP contribution in [0.25, 0.3) is 0 Å². The average molecular weight is 264 g/mol. The van der Waals surface area contributed by atoms with Crippen LogP contribution in [0, 0.1) is 0 Å². The Morgan fingerprint density at radius 1 is 1.32 bits per heavy atom. The van der Waals surface area contributed by atoms with Crippen LogP contribution in [-0.4, -0.2) is 17.7 Å². The van der Waals surface area contributed by atoms with Gasteiger partial charge in [-0.25, -0.2) is 4.79 Å². The summed E-state index contributed by atoms with van der Waals surface area (Å²) in [5, 5.41) is 15.4. The number of urea groups is 1. The minimum atomic E-state index is -0.264. The molecule has 0 atom stereocenters. The molecular weight excluding hydrogens is 240 g/mol. The van der Waals surface area contributed by atoms with Crippen LogP contribution in [0.5, 0.6) is 5.75 Å². The lowest BCUT2D eigenvalue weighted by Gasteiger charge is -2.15. The van der Waals surface area contributed by atoms with Crippen LogP contribution >= 0.6 is 0 Å². The molecule has 0 aliphatic carbocycles. The number of aromatic hydroxyl groups is 1. The smallest absolute Gasteiger partial charge is 0.319 e. The number of hydrogen-bond donors (Lipinski definition) is 3. The van der Waals surface area contributed by atoms with Crippen molar-refractivity contribution < 1.29 is 9.90 Å². The van der Waals surface area contributed by atoms with Crippen LogP contribution in [0.2, 0.25) is 0 Å². The number of hydrogen-bond acceptors (Lipinski definition) is 2. The number of amides is 2. The van der Waals surface area contributed by atoms with E-state index in [2.05, 4.69) is 17.6 Å². The second-order valence-corrected chi connectivity index (χ2v) is 4.98. The van der Waals surface area contributed by atoms with Crippen molar-refractivity contribution in [2.45, 2.75) is 46.0 Å². The van der Waals surface area contributed by atoms with E-state index >= 15 is 0 Å². The first-order chi connectivity index (χ1) is 9.06. The van der Waals surface area contributed by atoms with Gasteiger partial charge in [0.15, 0.2) is 0 Å². The van der Waals surface area contributed by atoms with Crippen molar-refractivity contribution >= 4 is 11.7 Å². The lowest BCUT2D eigenvalue weighted by atomic mass is 10.0. The number of phenolic OH excluding ortho intramolecular Hbond substituents is 1. The van der Waals surface area contributed by atoms with Crippen molar-refractivity contribution in [3.8, 4) is 5.75 Å². The van der Waals surface area contributed by atoms with Crippen molar-refractivity contribution in [2.24, 2.45) is 0 Å². The molecule has 0 spiro atoms. The summed E-state index contributed by atoms with van der Waals surface area (Å²) in [5.41, 5.74) is 1.44. The maximum absolute atomic E-state index is 11.8. The maximum Gasteiger partial charge on any atom is 0.319 e. The zero-order valence-electron chi connectivity index (χ0n) is 12.0. The fraction of sp³-hybridized carbons (Fsp3) is 0.533. The second kappa shape index (κ2) is 7.67. The number of para-hydroxylation sites is 1. The minimum absolute atomic E-state index is 0.106. The highest BCUT2D eigenvalue weighted by Crippen LogP contribution is 2.32. The Morgan fingerprint density at radius 2 is 2.05 bits per heavy atom. The fourth-order valence-electron chi connectivity index (χ4n) is 1.91. The van der Waals surface area contributed by atoms with Crippen molar-refractivity contribution in [1.82, 2.24) is 5.32 Å². The van der Waals surface area contributed by atoms with Gasteiger partial charge in [0, 0.05) is 6.54 Å². The zero-order chi connectivity index (χ0) is 14.3. The van der Waals surface area contributed by atoms with E-state index in [9.17, 15) is 9.90 Å². The summed E-state index contributed by atoms with van der Waals surface area (Å²) in [4.78, 5) is 11.8. The van der Waals surface area contributed by atoms with Crippen molar-refractivity contribution in [1.29, 1.82) is 0 Å². The van der Waals surface area contributed by atoms with E-state index in [0.717, 1.165) is 24.8 Å². The van der Waals surface area contributed by atoms with E-state index in [-0.39, 0.29) is 17.7 Å². The number of nitrogens with one attached hydrogen (secondary N) is 2. The molecule has 4 heteroatoms. The van der Waals surface area contributed by atoms with Gasteiger partial charge in [0.2, 0.25) is 0 Å². The molecule has 1 aromatic carbocycles. The van der Waals surface area contributed by atoms with Crippen LogP contribution in [-0.2, 0) is 0 Å². The van der Waals surface area contributed by atoms with Gasteiger partial charge in [-0.3, -0.25) is 0 Å². The molecule has 1 rings (SSSR count). The molecule has 0 saturated carbocycles. The molecule has 1 aromatic rings. The molecule has 3 N–H and O–H groups in total. The van der Waals surface area contributed by atoms with E-state index in [4.69, 9.17) is 0 Å². The summed E-state index contributed by atoms with van der Waals surface area (Å²) in [7, 11) is 0. The largest absolute Gasteiger partial charge is 0.506 e. The first-order valence-electron chi connectivity index (χ1n) is 6.93. The summed E-state index contributed by atoms with van der Waals surface area (Å²) < 4.78 is 0. The number of anilines is 1. The van der Waals surface area contributed by atoms with Crippen molar-refractivity contribution in [3.63, 3.8) is 0 Å². The normalized spacial score (nSPS) is 10.5. The van der Waals surface area contributed by atoms with E-state index in [0.29, 0.717) is 12.2 Å². The molecule has 0 aliphatic rings. The zero-order valence-corrected chi connectivity index (χ0v) is 12.0. The number of carbonyl (C=O) groups is 1. The van der Waals surface area contributed by atoms with Crippen LogP contribution in [0.3, 0.4) is 0 Å². The highest BCUT2D eigenvalue weighted by molar-refractivity contribution is 5.92. The third-order valence-corrected chi connectivity index (χ3v) is 3.00. The Morgan fingerprint density at radius 3 is 2.68 bits per heavy atom. The number of benzene rings is 1. The molecular formula is C15H24N2O2. The molecule has 0 aliphatic heterocycles. The number of rotatable bonds is 6. The quantitative estimate of drug-likeness (QED) is 0.540. The molecule has 0 unspecified atom stereocenters. The summed E-state index contributed by atoms with van der Waals surface area (Å²) in [6.07, 6.45) is 3.20. The van der Waals surface area contributed by atoms with E-state index in [1.54, 1.807) is 12.1 Å². The van der Waals surface area contributed by atoms with Gasteiger partial charge in [-0.15, -0.1) is 0 Å². The second-order valence-electron chi connectivity index (χ2n) is 4.98. The molecule has 0 saturated heterocycles. The van der Waals surface area contributed by atoms with E-state index in [1.807, 2.05) is 19.9 Å².